The molecule has 0 amide bonds. The maximum Gasteiger partial charge on any atom is 0.404 e. The van der Waals surface area contributed by atoms with E-state index in [2.05, 4.69) is 0 Å². The lowest BCUT2D eigenvalue weighted by atomic mass is 10.1. The van der Waals surface area contributed by atoms with Gasteiger partial charge in [0.05, 0.1) is 0 Å². The Morgan fingerprint density at radius 1 is 1.31 bits per heavy atom. The zero-order valence-electron chi connectivity index (χ0n) is 8.31. The van der Waals surface area contributed by atoms with E-state index in [9.17, 15) is 13.2 Å². The minimum absolute atomic E-state index is 0.578. The molecule has 16 heavy (non-hydrogen) atoms. The molecule has 0 fully saturated rings. The largest absolute Gasteiger partial charge is 0.404 e. The van der Waals surface area contributed by atoms with Crippen molar-refractivity contribution in [1.29, 1.82) is 0 Å². The first-order chi connectivity index (χ1) is 7.38. The average Bonchev–Trinajstić information content (AvgIpc) is 2.17. The van der Waals surface area contributed by atoms with Crippen molar-refractivity contribution in [2.24, 2.45) is 0 Å². The highest BCUT2D eigenvalue weighted by molar-refractivity contribution is 8.00. The van der Waals surface area contributed by atoms with Crippen molar-refractivity contribution in [2.45, 2.75) is 23.2 Å². The van der Waals surface area contributed by atoms with Crippen LogP contribution in [0, 0.1) is 6.92 Å². The van der Waals surface area contributed by atoms with Gasteiger partial charge in [-0.2, -0.15) is 13.2 Å². The van der Waals surface area contributed by atoms with Crippen LogP contribution in [0.25, 0.3) is 6.08 Å². The minimum Gasteiger partial charge on any atom is -0.169 e. The third-order valence-corrected chi connectivity index (χ3v) is 4.01. The van der Waals surface area contributed by atoms with E-state index in [0.29, 0.717) is 9.92 Å². The summed E-state index contributed by atoms with van der Waals surface area (Å²) in [5.41, 5.74) is 1.55. The van der Waals surface area contributed by atoms with Gasteiger partial charge in [0.1, 0.15) is 5.25 Å². The smallest absolute Gasteiger partial charge is 0.169 e. The predicted molar refractivity (Wildman–Crippen MR) is 60.9 cm³/mol. The second-order valence-electron chi connectivity index (χ2n) is 3.58. The van der Waals surface area contributed by atoms with Crippen LogP contribution in [0.3, 0.4) is 0 Å². The summed E-state index contributed by atoms with van der Waals surface area (Å²) in [7, 11) is 0. The van der Waals surface area contributed by atoms with Crippen molar-refractivity contribution >= 4 is 29.4 Å². The van der Waals surface area contributed by atoms with Crippen LogP contribution in [0.2, 0.25) is 5.02 Å². The lowest BCUT2D eigenvalue weighted by Gasteiger charge is -2.21. The van der Waals surface area contributed by atoms with E-state index in [1.54, 1.807) is 19.1 Å². The van der Waals surface area contributed by atoms with Crippen LogP contribution >= 0.6 is 23.4 Å². The molecule has 0 aromatic heterocycles. The van der Waals surface area contributed by atoms with E-state index in [1.165, 1.54) is 12.2 Å². The summed E-state index contributed by atoms with van der Waals surface area (Å²) in [4.78, 5) is 0.631. The van der Waals surface area contributed by atoms with Gasteiger partial charge in [0, 0.05) is 9.92 Å². The van der Waals surface area contributed by atoms with Crippen molar-refractivity contribution < 1.29 is 13.2 Å². The molecule has 1 aliphatic rings. The molecule has 2 rings (SSSR count). The molecule has 0 aliphatic carbocycles. The molecule has 0 nitrogen and oxygen atoms in total. The van der Waals surface area contributed by atoms with Crippen LogP contribution in [-0.2, 0) is 0 Å². The molecule has 0 N–H and O–H groups in total. The predicted octanol–water partition coefficient (Wildman–Crippen LogP) is 4.70. The third-order valence-electron chi connectivity index (χ3n) is 2.32. The van der Waals surface area contributed by atoms with Crippen molar-refractivity contribution in [2.75, 3.05) is 0 Å². The molecular weight excluding hydrogens is 257 g/mol. The SMILES string of the molecule is Cc1cc2c(cc1Cl)C=CC(C(F)(F)F)S2. The van der Waals surface area contributed by atoms with E-state index in [4.69, 9.17) is 11.6 Å². The average molecular weight is 265 g/mol. The lowest BCUT2D eigenvalue weighted by molar-refractivity contribution is -0.119. The van der Waals surface area contributed by atoms with Crippen LogP contribution in [0.4, 0.5) is 13.2 Å². The molecule has 1 aromatic rings. The third kappa shape index (κ3) is 2.23. The van der Waals surface area contributed by atoms with Crippen molar-refractivity contribution in [3.05, 3.63) is 34.4 Å². The number of benzene rings is 1. The van der Waals surface area contributed by atoms with E-state index < -0.39 is 11.4 Å². The van der Waals surface area contributed by atoms with E-state index in [0.717, 1.165) is 22.9 Å². The lowest BCUT2D eigenvalue weighted by Crippen LogP contribution is -2.24. The quantitative estimate of drug-likeness (QED) is 0.655. The van der Waals surface area contributed by atoms with Gasteiger partial charge in [-0.3, -0.25) is 0 Å². The molecule has 0 saturated carbocycles. The molecule has 0 radical (unpaired) electrons. The number of hydrogen-bond acceptors (Lipinski definition) is 1. The van der Waals surface area contributed by atoms with E-state index in [-0.39, 0.29) is 0 Å². The molecule has 1 unspecified atom stereocenters. The maximum absolute atomic E-state index is 12.5. The number of halogens is 4. The van der Waals surface area contributed by atoms with Crippen LogP contribution in [0.15, 0.2) is 23.1 Å². The van der Waals surface area contributed by atoms with Crippen molar-refractivity contribution in [3.63, 3.8) is 0 Å². The summed E-state index contributed by atoms with van der Waals surface area (Å²) in [5.74, 6) is 0. The number of rotatable bonds is 0. The first kappa shape index (κ1) is 11.9. The standard InChI is InChI=1S/C11H8ClF3S/c1-6-4-9-7(5-8(6)12)2-3-10(16-9)11(13,14)15/h2-5,10H,1H3. The van der Waals surface area contributed by atoms with Gasteiger partial charge in [-0.05, 0) is 30.2 Å². The Bertz CT molecular complexity index is 451. The van der Waals surface area contributed by atoms with Gasteiger partial charge in [-0.1, -0.05) is 23.8 Å². The maximum atomic E-state index is 12.5. The zero-order chi connectivity index (χ0) is 11.9. The summed E-state index contributed by atoms with van der Waals surface area (Å²) < 4.78 is 37.6. The van der Waals surface area contributed by atoms with Crippen molar-refractivity contribution in [1.82, 2.24) is 0 Å². The highest BCUT2D eigenvalue weighted by Gasteiger charge is 2.40. The van der Waals surface area contributed by atoms with E-state index >= 15 is 0 Å². The zero-order valence-corrected chi connectivity index (χ0v) is 9.88. The Morgan fingerprint density at radius 3 is 2.62 bits per heavy atom. The van der Waals surface area contributed by atoms with Gasteiger partial charge < -0.3 is 0 Å². The Hall–Kier alpha value is -0.610. The first-order valence-electron chi connectivity index (χ1n) is 4.59. The van der Waals surface area contributed by atoms with Crippen LogP contribution in [0.5, 0.6) is 0 Å². The summed E-state index contributed by atoms with van der Waals surface area (Å²) in [6.45, 7) is 1.78. The number of thioether (sulfide) groups is 1. The minimum atomic E-state index is -4.20. The van der Waals surface area contributed by atoms with Gasteiger partial charge in [0.15, 0.2) is 0 Å². The summed E-state index contributed by atoms with van der Waals surface area (Å²) in [5, 5.41) is -0.880. The monoisotopic (exact) mass is 264 g/mol. The summed E-state index contributed by atoms with van der Waals surface area (Å²) in [6.07, 6.45) is -1.56. The van der Waals surface area contributed by atoms with Crippen LogP contribution in [0.1, 0.15) is 11.1 Å². The Morgan fingerprint density at radius 2 is 2.00 bits per heavy atom. The number of aryl methyl sites for hydroxylation is 1. The van der Waals surface area contributed by atoms with Crippen molar-refractivity contribution in [3.8, 4) is 0 Å². The Kier molecular flexibility index (Phi) is 2.97. The van der Waals surface area contributed by atoms with E-state index in [1.807, 2.05) is 0 Å². The molecular formula is C11H8ClF3S. The molecule has 0 spiro atoms. The fourth-order valence-electron chi connectivity index (χ4n) is 1.45. The normalized spacial score (nSPS) is 19.7. The second kappa shape index (κ2) is 4.00. The molecule has 1 aromatic carbocycles. The molecule has 0 saturated heterocycles. The molecule has 86 valence electrons. The Labute approximate surface area is 100 Å². The van der Waals surface area contributed by atoms with Crippen LogP contribution < -0.4 is 0 Å². The summed E-state index contributed by atoms with van der Waals surface area (Å²) >= 11 is 6.72. The van der Waals surface area contributed by atoms with Gasteiger partial charge in [0.2, 0.25) is 0 Å². The fourth-order valence-corrected chi connectivity index (χ4v) is 2.69. The first-order valence-corrected chi connectivity index (χ1v) is 5.85. The fraction of sp³-hybridized carbons (Fsp3) is 0.273. The number of fused-ring (bicyclic) bond motifs is 1. The van der Waals surface area contributed by atoms with Gasteiger partial charge in [-0.15, -0.1) is 11.8 Å². The molecule has 0 bridgehead atoms. The highest BCUT2D eigenvalue weighted by atomic mass is 35.5. The summed E-state index contributed by atoms with van der Waals surface area (Å²) in [6, 6.07) is 3.40. The highest BCUT2D eigenvalue weighted by Crippen LogP contribution is 2.42. The van der Waals surface area contributed by atoms with Crippen LogP contribution in [-0.4, -0.2) is 11.4 Å². The molecule has 1 heterocycles. The second-order valence-corrected chi connectivity index (χ2v) is 5.17. The molecule has 1 aliphatic heterocycles. The van der Waals surface area contributed by atoms with Gasteiger partial charge in [0.25, 0.3) is 0 Å². The van der Waals surface area contributed by atoms with Gasteiger partial charge >= 0.3 is 6.18 Å². The Balaban J connectivity index is 2.38. The number of hydrogen-bond donors (Lipinski definition) is 0. The number of alkyl halides is 3. The molecule has 5 heteroatoms. The molecule has 1 atom stereocenters. The van der Waals surface area contributed by atoms with Gasteiger partial charge in [-0.25, -0.2) is 0 Å². The topological polar surface area (TPSA) is 0 Å².